The van der Waals surface area contributed by atoms with Crippen LogP contribution in [0.4, 0.5) is 10.1 Å². The van der Waals surface area contributed by atoms with Crippen molar-refractivity contribution in [1.82, 2.24) is 0 Å². The highest BCUT2D eigenvalue weighted by Crippen LogP contribution is 2.14. The van der Waals surface area contributed by atoms with Crippen LogP contribution in [0.25, 0.3) is 0 Å². The quantitative estimate of drug-likeness (QED) is 0.808. The molecule has 0 aromatic heterocycles. The van der Waals surface area contributed by atoms with Crippen molar-refractivity contribution >= 4 is 5.69 Å². The van der Waals surface area contributed by atoms with Crippen molar-refractivity contribution in [2.45, 2.75) is 25.8 Å². The predicted molar refractivity (Wildman–Crippen MR) is 62.6 cm³/mol. The lowest BCUT2D eigenvalue weighted by atomic mass is 10.2. The summed E-state index contributed by atoms with van der Waals surface area (Å²) >= 11 is 0. The van der Waals surface area contributed by atoms with Crippen LogP contribution in [0, 0.1) is 5.82 Å². The first-order valence-electron chi connectivity index (χ1n) is 5.32. The van der Waals surface area contributed by atoms with Crippen molar-refractivity contribution in [3.63, 3.8) is 0 Å². The van der Waals surface area contributed by atoms with Gasteiger partial charge in [-0.25, -0.2) is 4.39 Å². The highest BCUT2D eigenvalue weighted by atomic mass is 19.1. The molecule has 1 rings (SSSR count). The summed E-state index contributed by atoms with van der Waals surface area (Å²) in [7, 11) is 1.97. The Kier molecular flexibility index (Phi) is 4.56. The number of rotatable bonds is 5. The molecule has 0 heterocycles. The van der Waals surface area contributed by atoms with Crippen molar-refractivity contribution in [1.29, 1.82) is 0 Å². The molecule has 1 aromatic carbocycles. The first-order valence-corrected chi connectivity index (χ1v) is 5.32. The molecule has 0 aliphatic heterocycles. The Labute approximate surface area is 90.9 Å². The fraction of sp³-hybridized carbons (Fsp3) is 0.500. The molecule has 3 heteroatoms. The highest BCUT2D eigenvalue weighted by Gasteiger charge is 2.02. The molecule has 84 valence electrons. The summed E-state index contributed by atoms with van der Waals surface area (Å²) in [6.45, 7) is 2.91. The van der Waals surface area contributed by atoms with Crippen LogP contribution in [0.3, 0.4) is 0 Å². The molecule has 0 spiro atoms. The monoisotopic (exact) mass is 210 g/mol. The van der Waals surface area contributed by atoms with E-state index < -0.39 is 0 Å². The van der Waals surface area contributed by atoms with Gasteiger partial charge in [0.15, 0.2) is 0 Å². The third-order valence-corrected chi connectivity index (χ3v) is 2.40. The molecular weight excluding hydrogens is 191 g/mol. The van der Waals surface area contributed by atoms with Crippen LogP contribution in [0.15, 0.2) is 24.3 Å². The normalized spacial score (nSPS) is 12.5. The smallest absolute Gasteiger partial charge is 0.125 e. The molecule has 1 aromatic rings. The van der Waals surface area contributed by atoms with Gasteiger partial charge in [0.25, 0.3) is 0 Å². The third kappa shape index (κ3) is 4.30. The Bertz CT molecular complexity index is 299. The lowest BCUT2D eigenvalue weighted by Gasteiger charge is -2.19. The van der Waals surface area contributed by atoms with E-state index in [4.69, 9.17) is 5.73 Å². The third-order valence-electron chi connectivity index (χ3n) is 2.40. The fourth-order valence-electron chi connectivity index (χ4n) is 1.49. The van der Waals surface area contributed by atoms with E-state index in [1.54, 1.807) is 12.1 Å². The van der Waals surface area contributed by atoms with Gasteiger partial charge in [0.1, 0.15) is 5.82 Å². The SMILES string of the molecule is CC(N)CCCN(C)c1cccc(F)c1. The zero-order chi connectivity index (χ0) is 11.3. The summed E-state index contributed by atoms with van der Waals surface area (Å²) < 4.78 is 12.9. The standard InChI is InChI=1S/C12H19FN2/c1-10(14)5-4-8-15(2)12-7-3-6-11(13)9-12/h3,6-7,9-10H,4-5,8,14H2,1-2H3. The van der Waals surface area contributed by atoms with Gasteiger partial charge < -0.3 is 10.6 Å². The molecule has 0 bridgehead atoms. The van der Waals surface area contributed by atoms with Crippen LogP contribution in [0.5, 0.6) is 0 Å². The first kappa shape index (κ1) is 12.0. The molecule has 0 fully saturated rings. The summed E-state index contributed by atoms with van der Waals surface area (Å²) in [6, 6.07) is 6.89. The molecule has 0 aliphatic rings. The van der Waals surface area contributed by atoms with Gasteiger partial charge >= 0.3 is 0 Å². The molecule has 0 aliphatic carbocycles. The van der Waals surface area contributed by atoms with E-state index in [1.807, 2.05) is 24.9 Å². The second-order valence-corrected chi connectivity index (χ2v) is 4.02. The number of benzene rings is 1. The minimum Gasteiger partial charge on any atom is -0.375 e. The topological polar surface area (TPSA) is 29.3 Å². The van der Waals surface area contributed by atoms with Gasteiger partial charge in [-0.05, 0) is 38.0 Å². The lowest BCUT2D eigenvalue weighted by molar-refractivity contribution is 0.615. The van der Waals surface area contributed by atoms with Gasteiger partial charge in [0, 0.05) is 25.3 Å². The number of nitrogens with two attached hydrogens (primary N) is 1. The molecular formula is C12H19FN2. The molecule has 15 heavy (non-hydrogen) atoms. The van der Waals surface area contributed by atoms with Gasteiger partial charge in [-0.2, -0.15) is 0 Å². The zero-order valence-electron chi connectivity index (χ0n) is 9.41. The molecule has 1 unspecified atom stereocenters. The molecule has 0 saturated carbocycles. The minimum atomic E-state index is -0.188. The average Bonchev–Trinajstić information content (AvgIpc) is 2.17. The Balaban J connectivity index is 2.43. The maximum Gasteiger partial charge on any atom is 0.125 e. The number of halogens is 1. The molecule has 1 atom stereocenters. The van der Waals surface area contributed by atoms with Crippen molar-refractivity contribution in [3.05, 3.63) is 30.1 Å². The van der Waals surface area contributed by atoms with Crippen molar-refractivity contribution in [3.8, 4) is 0 Å². The largest absolute Gasteiger partial charge is 0.375 e. The van der Waals surface area contributed by atoms with E-state index in [2.05, 4.69) is 0 Å². The van der Waals surface area contributed by atoms with E-state index in [0.29, 0.717) is 0 Å². The van der Waals surface area contributed by atoms with Gasteiger partial charge in [-0.3, -0.25) is 0 Å². The van der Waals surface area contributed by atoms with E-state index in [1.165, 1.54) is 6.07 Å². The van der Waals surface area contributed by atoms with Crippen LogP contribution >= 0.6 is 0 Å². The van der Waals surface area contributed by atoms with E-state index in [9.17, 15) is 4.39 Å². The van der Waals surface area contributed by atoms with Crippen molar-refractivity contribution in [2.24, 2.45) is 5.73 Å². The Morgan fingerprint density at radius 1 is 1.47 bits per heavy atom. The lowest BCUT2D eigenvalue weighted by Crippen LogP contribution is -2.22. The number of hydrogen-bond acceptors (Lipinski definition) is 2. The second-order valence-electron chi connectivity index (χ2n) is 4.02. The number of nitrogens with zero attached hydrogens (tertiary/aromatic N) is 1. The molecule has 0 amide bonds. The highest BCUT2D eigenvalue weighted by molar-refractivity contribution is 5.45. The zero-order valence-corrected chi connectivity index (χ0v) is 9.41. The van der Waals surface area contributed by atoms with Crippen molar-refractivity contribution in [2.75, 3.05) is 18.5 Å². The summed E-state index contributed by atoms with van der Waals surface area (Å²) in [4.78, 5) is 2.05. The van der Waals surface area contributed by atoms with Crippen LogP contribution in [-0.2, 0) is 0 Å². The van der Waals surface area contributed by atoms with Gasteiger partial charge in [-0.15, -0.1) is 0 Å². The number of hydrogen-bond donors (Lipinski definition) is 1. The predicted octanol–water partition coefficient (Wildman–Crippen LogP) is 2.39. The fourth-order valence-corrected chi connectivity index (χ4v) is 1.49. The summed E-state index contributed by atoms with van der Waals surface area (Å²) in [5.41, 5.74) is 6.58. The second kappa shape index (κ2) is 5.71. The maximum absolute atomic E-state index is 12.9. The molecule has 2 nitrogen and oxygen atoms in total. The van der Waals surface area contributed by atoms with Gasteiger partial charge in [0.2, 0.25) is 0 Å². The van der Waals surface area contributed by atoms with Gasteiger partial charge in [-0.1, -0.05) is 6.07 Å². The Hall–Kier alpha value is -1.09. The molecule has 0 saturated heterocycles. The van der Waals surface area contributed by atoms with Crippen LogP contribution in [-0.4, -0.2) is 19.6 Å². The minimum absolute atomic E-state index is 0.188. The van der Waals surface area contributed by atoms with E-state index in [-0.39, 0.29) is 11.9 Å². The molecule has 0 radical (unpaired) electrons. The number of anilines is 1. The summed E-state index contributed by atoms with van der Waals surface area (Å²) in [5, 5.41) is 0. The summed E-state index contributed by atoms with van der Waals surface area (Å²) in [5.74, 6) is -0.188. The Morgan fingerprint density at radius 2 is 2.20 bits per heavy atom. The van der Waals surface area contributed by atoms with Gasteiger partial charge in [0.05, 0.1) is 0 Å². The van der Waals surface area contributed by atoms with E-state index in [0.717, 1.165) is 25.1 Å². The Morgan fingerprint density at radius 3 is 2.80 bits per heavy atom. The van der Waals surface area contributed by atoms with E-state index >= 15 is 0 Å². The first-order chi connectivity index (χ1) is 7.09. The molecule has 2 N–H and O–H groups in total. The van der Waals surface area contributed by atoms with Crippen LogP contribution in [0.2, 0.25) is 0 Å². The summed E-state index contributed by atoms with van der Waals surface area (Å²) in [6.07, 6.45) is 2.03. The van der Waals surface area contributed by atoms with Crippen molar-refractivity contribution < 1.29 is 4.39 Å². The van der Waals surface area contributed by atoms with Crippen LogP contribution < -0.4 is 10.6 Å². The maximum atomic E-state index is 12.9. The van der Waals surface area contributed by atoms with Crippen LogP contribution in [0.1, 0.15) is 19.8 Å². The average molecular weight is 210 g/mol.